The number of carbonyl (C=O) groups excluding carboxylic acids is 1. The average molecular weight is 499 g/mol. The van der Waals surface area contributed by atoms with Crippen LogP contribution in [0, 0.1) is 0 Å². The second-order valence-corrected chi connectivity index (χ2v) is 9.00. The molecule has 0 bridgehead atoms. The molecular weight excluding hydrogens is 480 g/mol. The van der Waals surface area contributed by atoms with Crippen molar-refractivity contribution in [1.82, 2.24) is 4.98 Å². The number of methoxy groups -OCH3 is 2. The number of hydrogen-bond donors (Lipinski definition) is 2. The maximum Gasteiger partial charge on any atom is 0.266 e. The zero-order valence-electron chi connectivity index (χ0n) is 17.7. The molecular formula is C23H19ClN4O3S2. The highest BCUT2D eigenvalue weighted by Gasteiger charge is 2.17. The predicted octanol–water partition coefficient (Wildman–Crippen LogP) is 6.24. The fourth-order valence-electron chi connectivity index (χ4n) is 2.91. The van der Waals surface area contributed by atoms with Gasteiger partial charge in [-0.05, 0) is 35.7 Å². The lowest BCUT2D eigenvalue weighted by Crippen LogP contribution is -2.09. The number of thiophene rings is 1. The van der Waals surface area contributed by atoms with Crippen LogP contribution in [-0.2, 0) is 0 Å². The van der Waals surface area contributed by atoms with Crippen LogP contribution in [0.2, 0.25) is 5.02 Å². The van der Waals surface area contributed by atoms with Gasteiger partial charge in [-0.15, -0.1) is 11.3 Å². The van der Waals surface area contributed by atoms with Crippen molar-refractivity contribution in [2.24, 2.45) is 5.10 Å². The molecule has 4 rings (SSSR count). The van der Waals surface area contributed by atoms with Crippen LogP contribution in [0.3, 0.4) is 0 Å². The number of hydrogen-bond acceptors (Lipinski definition) is 8. The molecule has 0 aliphatic carbocycles. The number of aromatic nitrogens is 1. The third-order valence-corrected chi connectivity index (χ3v) is 6.52. The number of rotatable bonds is 8. The molecule has 0 atom stereocenters. The van der Waals surface area contributed by atoms with E-state index in [0.29, 0.717) is 37.2 Å². The summed E-state index contributed by atoms with van der Waals surface area (Å²) in [4.78, 5) is 17.9. The minimum atomic E-state index is -0.193. The van der Waals surface area contributed by atoms with Crippen LogP contribution in [0.15, 0.2) is 65.1 Å². The van der Waals surface area contributed by atoms with Gasteiger partial charge in [0.25, 0.3) is 5.91 Å². The Bertz CT molecular complexity index is 1270. The van der Waals surface area contributed by atoms with E-state index >= 15 is 0 Å². The largest absolute Gasteiger partial charge is 0.497 e. The van der Waals surface area contributed by atoms with Crippen molar-refractivity contribution in [2.45, 2.75) is 0 Å². The zero-order chi connectivity index (χ0) is 23.2. The molecule has 2 heterocycles. The van der Waals surface area contributed by atoms with Gasteiger partial charge in [-0.2, -0.15) is 5.10 Å². The number of carbonyl (C=O) groups is 1. The summed E-state index contributed by atoms with van der Waals surface area (Å²) in [6, 6.07) is 16.3. The zero-order valence-corrected chi connectivity index (χ0v) is 20.1. The number of ether oxygens (including phenoxy) is 2. The number of nitrogens with one attached hydrogen (secondary N) is 2. The minimum absolute atomic E-state index is 0.193. The Kier molecular flexibility index (Phi) is 7.23. The van der Waals surface area contributed by atoms with E-state index < -0.39 is 0 Å². The van der Waals surface area contributed by atoms with Crippen molar-refractivity contribution in [1.29, 1.82) is 0 Å². The molecule has 2 N–H and O–H groups in total. The number of anilines is 2. The smallest absolute Gasteiger partial charge is 0.266 e. The van der Waals surface area contributed by atoms with Gasteiger partial charge in [0, 0.05) is 22.2 Å². The lowest BCUT2D eigenvalue weighted by Gasteiger charge is -2.06. The molecule has 0 aliphatic rings. The normalized spacial score (nSPS) is 10.9. The van der Waals surface area contributed by atoms with Crippen molar-refractivity contribution in [3.05, 3.63) is 75.4 Å². The number of nitrogens with zero attached hydrogens (tertiary/aromatic N) is 2. The van der Waals surface area contributed by atoms with E-state index in [1.807, 2.05) is 35.7 Å². The van der Waals surface area contributed by atoms with Gasteiger partial charge in [0.15, 0.2) is 0 Å². The number of benzene rings is 2. The maximum absolute atomic E-state index is 12.6. The maximum atomic E-state index is 12.6. The molecule has 168 valence electrons. The molecule has 33 heavy (non-hydrogen) atoms. The van der Waals surface area contributed by atoms with Gasteiger partial charge in [-0.1, -0.05) is 41.1 Å². The molecule has 0 fully saturated rings. The molecule has 4 aromatic rings. The van der Waals surface area contributed by atoms with Crippen molar-refractivity contribution in [3.8, 4) is 22.8 Å². The molecule has 0 unspecified atom stereocenters. The summed E-state index contributed by atoms with van der Waals surface area (Å²) >= 11 is 8.69. The number of amides is 1. The van der Waals surface area contributed by atoms with Crippen LogP contribution >= 0.6 is 34.3 Å². The topological polar surface area (TPSA) is 84.8 Å². The van der Waals surface area contributed by atoms with E-state index in [1.54, 1.807) is 44.7 Å². The molecule has 0 saturated carbocycles. The summed E-state index contributed by atoms with van der Waals surface area (Å²) in [5, 5.41) is 10.8. The first-order valence-corrected chi connectivity index (χ1v) is 11.8. The molecule has 0 radical (unpaired) electrons. The first-order valence-electron chi connectivity index (χ1n) is 9.70. The third kappa shape index (κ3) is 5.51. The first kappa shape index (κ1) is 22.8. The summed E-state index contributed by atoms with van der Waals surface area (Å²) in [7, 11) is 3.18. The molecule has 0 spiro atoms. The van der Waals surface area contributed by atoms with Gasteiger partial charge < -0.3 is 14.8 Å². The van der Waals surface area contributed by atoms with Gasteiger partial charge in [-0.3, -0.25) is 10.2 Å². The molecule has 2 aromatic carbocycles. The van der Waals surface area contributed by atoms with Crippen molar-refractivity contribution < 1.29 is 14.3 Å². The Labute approximate surface area is 203 Å². The summed E-state index contributed by atoms with van der Waals surface area (Å²) < 4.78 is 10.6. The lowest BCUT2D eigenvalue weighted by molar-refractivity contribution is 0.103. The van der Waals surface area contributed by atoms with Gasteiger partial charge in [0.2, 0.25) is 5.13 Å². The van der Waals surface area contributed by atoms with E-state index in [4.69, 9.17) is 21.1 Å². The van der Waals surface area contributed by atoms with Gasteiger partial charge >= 0.3 is 0 Å². The van der Waals surface area contributed by atoms with E-state index in [-0.39, 0.29) is 5.91 Å². The second kappa shape index (κ2) is 10.5. The van der Waals surface area contributed by atoms with Crippen molar-refractivity contribution in [3.63, 3.8) is 0 Å². The van der Waals surface area contributed by atoms with Gasteiger partial charge in [0.1, 0.15) is 22.2 Å². The van der Waals surface area contributed by atoms with Gasteiger partial charge in [-0.25, -0.2) is 4.98 Å². The van der Waals surface area contributed by atoms with E-state index in [9.17, 15) is 4.79 Å². The van der Waals surface area contributed by atoms with E-state index in [0.717, 1.165) is 11.1 Å². The van der Waals surface area contributed by atoms with Crippen LogP contribution in [0.5, 0.6) is 11.5 Å². The predicted molar refractivity (Wildman–Crippen MR) is 136 cm³/mol. The fraction of sp³-hybridized carbons (Fsp3) is 0.0870. The standard InChI is InChI=1S/C23H19ClN4O3S2/c1-30-17-10-7-15(18(12-17)31-2)13-25-28-23-26-20(14-5-8-16(24)9-6-14)22(33-23)27-21(29)19-4-3-11-32-19/h3-13H,1-2H3,(H,26,28)(H,27,29)/b25-13-. The number of thiazole rings is 1. The second-order valence-electron chi connectivity index (χ2n) is 6.61. The highest BCUT2D eigenvalue weighted by atomic mass is 35.5. The van der Waals surface area contributed by atoms with E-state index in [2.05, 4.69) is 20.8 Å². The highest BCUT2D eigenvalue weighted by molar-refractivity contribution is 7.20. The van der Waals surface area contributed by atoms with Crippen LogP contribution in [-0.4, -0.2) is 31.3 Å². The number of halogens is 1. The SMILES string of the molecule is COc1ccc(/C=N\Nc2nc(-c3ccc(Cl)cc3)c(NC(=O)c3cccs3)s2)c(OC)c1. The van der Waals surface area contributed by atoms with Crippen molar-refractivity contribution in [2.75, 3.05) is 25.0 Å². The van der Waals surface area contributed by atoms with E-state index in [1.165, 1.54) is 22.7 Å². The molecule has 1 amide bonds. The fourth-order valence-corrected chi connectivity index (χ4v) is 4.49. The van der Waals surface area contributed by atoms with Crippen LogP contribution in [0.4, 0.5) is 10.1 Å². The quantitative estimate of drug-likeness (QED) is 0.222. The Morgan fingerprint density at radius 3 is 2.64 bits per heavy atom. The van der Waals surface area contributed by atoms with Crippen molar-refractivity contribution >= 4 is 56.5 Å². The lowest BCUT2D eigenvalue weighted by atomic mass is 10.1. The Balaban J connectivity index is 1.59. The Morgan fingerprint density at radius 2 is 1.94 bits per heavy atom. The van der Waals surface area contributed by atoms with Crippen LogP contribution in [0.25, 0.3) is 11.3 Å². The third-order valence-electron chi connectivity index (χ3n) is 4.52. The average Bonchev–Trinajstić information content (AvgIpc) is 3.50. The van der Waals surface area contributed by atoms with Crippen LogP contribution < -0.4 is 20.2 Å². The monoisotopic (exact) mass is 498 g/mol. The summed E-state index contributed by atoms with van der Waals surface area (Å²) in [5.41, 5.74) is 5.16. The molecule has 10 heteroatoms. The Hall–Kier alpha value is -3.40. The number of hydrazone groups is 1. The van der Waals surface area contributed by atoms with Crippen LogP contribution in [0.1, 0.15) is 15.2 Å². The molecule has 7 nitrogen and oxygen atoms in total. The minimum Gasteiger partial charge on any atom is -0.497 e. The molecule has 2 aromatic heterocycles. The molecule has 0 aliphatic heterocycles. The first-order chi connectivity index (χ1) is 16.1. The summed E-state index contributed by atoms with van der Waals surface area (Å²) in [6.45, 7) is 0. The summed E-state index contributed by atoms with van der Waals surface area (Å²) in [6.07, 6.45) is 1.63. The van der Waals surface area contributed by atoms with Gasteiger partial charge in [0.05, 0.1) is 25.3 Å². The molecule has 0 saturated heterocycles. The Morgan fingerprint density at radius 1 is 1.12 bits per heavy atom. The summed E-state index contributed by atoms with van der Waals surface area (Å²) in [5.74, 6) is 1.13. The highest BCUT2D eigenvalue weighted by Crippen LogP contribution is 2.37.